The van der Waals surface area contributed by atoms with Crippen LogP contribution in [0.2, 0.25) is 0 Å². The molecule has 0 bridgehead atoms. The van der Waals surface area contributed by atoms with E-state index in [2.05, 4.69) is 16.7 Å². The van der Waals surface area contributed by atoms with Gasteiger partial charge in [-0.05, 0) is 42.3 Å². The van der Waals surface area contributed by atoms with Gasteiger partial charge in [-0.3, -0.25) is 0 Å². The van der Waals surface area contributed by atoms with Gasteiger partial charge in [-0.1, -0.05) is 54.6 Å². The molecule has 1 atom stereocenters. The number of ether oxygens (including phenoxy) is 1. The van der Waals surface area contributed by atoms with Crippen LogP contribution < -0.4 is 4.74 Å². The Kier molecular flexibility index (Phi) is 4.90. The summed E-state index contributed by atoms with van der Waals surface area (Å²) in [6.07, 6.45) is -0.809. The third-order valence-electron chi connectivity index (χ3n) is 4.62. The fourth-order valence-corrected chi connectivity index (χ4v) is 3.30. The lowest BCUT2D eigenvalue weighted by Crippen LogP contribution is -2.11. The number of hydrogen-bond acceptors (Lipinski definition) is 3. The maximum absolute atomic E-state index is 11.0. The van der Waals surface area contributed by atoms with Crippen molar-refractivity contribution < 1.29 is 9.84 Å². The Bertz CT molecular complexity index is 1020. The molecule has 1 heterocycles. The van der Waals surface area contributed by atoms with Crippen molar-refractivity contribution in [3.05, 3.63) is 95.8 Å². The highest BCUT2D eigenvalue weighted by Crippen LogP contribution is 2.27. The van der Waals surface area contributed by atoms with E-state index >= 15 is 0 Å². The first-order valence-corrected chi connectivity index (χ1v) is 9.16. The Morgan fingerprint density at radius 1 is 0.926 bits per heavy atom. The van der Waals surface area contributed by atoms with Crippen LogP contribution in [0.3, 0.4) is 0 Å². The van der Waals surface area contributed by atoms with Gasteiger partial charge in [-0.2, -0.15) is 0 Å². The highest BCUT2D eigenvalue weighted by molar-refractivity contribution is 5.76. The van der Waals surface area contributed by atoms with Gasteiger partial charge in [0, 0.05) is 6.54 Å². The lowest BCUT2D eigenvalue weighted by Gasteiger charge is -2.15. The molecule has 1 unspecified atom stereocenters. The lowest BCUT2D eigenvalue weighted by atomic mass is 10.1. The summed E-state index contributed by atoms with van der Waals surface area (Å²) in [6, 6.07) is 25.8. The minimum Gasteiger partial charge on any atom is -0.494 e. The number of fused-ring (bicyclic) bond motifs is 1. The maximum Gasteiger partial charge on any atom is 0.143 e. The minimum atomic E-state index is -0.809. The number of nitrogens with zero attached hydrogens (tertiary/aromatic N) is 2. The first-order chi connectivity index (χ1) is 13.3. The molecule has 0 aliphatic rings. The van der Waals surface area contributed by atoms with Crippen molar-refractivity contribution in [2.45, 2.75) is 19.6 Å². The van der Waals surface area contributed by atoms with Crippen LogP contribution in [0.25, 0.3) is 11.0 Å². The Hall–Kier alpha value is -3.11. The van der Waals surface area contributed by atoms with E-state index in [0.717, 1.165) is 22.3 Å². The van der Waals surface area contributed by atoms with Crippen LogP contribution in [0.5, 0.6) is 5.75 Å². The van der Waals surface area contributed by atoms with Crippen LogP contribution in [0.15, 0.2) is 78.9 Å². The standard InChI is InChI=1S/C23H22N2O2/c1-2-27-19-14-12-18(13-15-19)22(26)23-24-20-10-6-7-11-21(20)25(23)16-17-8-4-3-5-9-17/h3-15,22,26H,2,16H2,1H3. The molecular weight excluding hydrogens is 336 g/mol. The molecule has 27 heavy (non-hydrogen) atoms. The highest BCUT2D eigenvalue weighted by Gasteiger charge is 2.20. The predicted molar refractivity (Wildman–Crippen MR) is 107 cm³/mol. The van der Waals surface area contributed by atoms with E-state index in [9.17, 15) is 5.11 Å². The normalized spacial score (nSPS) is 12.2. The SMILES string of the molecule is CCOc1ccc(C(O)c2nc3ccccc3n2Cc2ccccc2)cc1. The third-order valence-corrected chi connectivity index (χ3v) is 4.62. The molecule has 0 fully saturated rings. The van der Waals surface area contributed by atoms with Crippen LogP contribution >= 0.6 is 0 Å². The topological polar surface area (TPSA) is 47.3 Å². The van der Waals surface area contributed by atoms with Crippen molar-refractivity contribution in [3.63, 3.8) is 0 Å². The van der Waals surface area contributed by atoms with Gasteiger partial charge in [-0.15, -0.1) is 0 Å². The summed E-state index contributed by atoms with van der Waals surface area (Å²) in [5.74, 6) is 1.44. The van der Waals surface area contributed by atoms with Gasteiger partial charge in [0.05, 0.1) is 17.6 Å². The first-order valence-electron chi connectivity index (χ1n) is 9.16. The predicted octanol–water partition coefficient (Wildman–Crippen LogP) is 4.57. The number of para-hydroxylation sites is 2. The summed E-state index contributed by atoms with van der Waals surface area (Å²) in [5, 5.41) is 11.0. The van der Waals surface area contributed by atoms with E-state index in [-0.39, 0.29) is 0 Å². The summed E-state index contributed by atoms with van der Waals surface area (Å²) >= 11 is 0. The van der Waals surface area contributed by atoms with E-state index in [1.807, 2.05) is 73.7 Å². The summed E-state index contributed by atoms with van der Waals surface area (Å²) in [6.45, 7) is 3.23. The van der Waals surface area contributed by atoms with Gasteiger partial charge < -0.3 is 14.4 Å². The second-order valence-corrected chi connectivity index (χ2v) is 6.44. The molecular formula is C23H22N2O2. The van der Waals surface area contributed by atoms with Gasteiger partial charge in [0.15, 0.2) is 0 Å². The molecule has 0 amide bonds. The molecule has 1 N–H and O–H groups in total. The fraction of sp³-hybridized carbons (Fsp3) is 0.174. The zero-order valence-corrected chi connectivity index (χ0v) is 15.2. The number of aliphatic hydroxyl groups excluding tert-OH is 1. The van der Waals surface area contributed by atoms with E-state index in [1.165, 1.54) is 5.56 Å². The molecule has 4 nitrogen and oxygen atoms in total. The summed E-state index contributed by atoms with van der Waals surface area (Å²) in [4.78, 5) is 4.73. The summed E-state index contributed by atoms with van der Waals surface area (Å²) in [7, 11) is 0. The smallest absolute Gasteiger partial charge is 0.143 e. The van der Waals surface area contributed by atoms with Crippen molar-refractivity contribution in [1.29, 1.82) is 0 Å². The second kappa shape index (κ2) is 7.64. The number of aromatic nitrogens is 2. The Balaban J connectivity index is 1.74. The zero-order chi connectivity index (χ0) is 18.6. The monoisotopic (exact) mass is 358 g/mol. The number of imidazole rings is 1. The van der Waals surface area contributed by atoms with E-state index < -0.39 is 6.10 Å². The number of aliphatic hydroxyl groups is 1. The number of hydrogen-bond donors (Lipinski definition) is 1. The number of rotatable bonds is 6. The average molecular weight is 358 g/mol. The van der Waals surface area contributed by atoms with E-state index in [4.69, 9.17) is 9.72 Å². The summed E-state index contributed by atoms with van der Waals surface area (Å²) < 4.78 is 7.58. The Labute approximate surface area is 158 Å². The first kappa shape index (κ1) is 17.3. The molecule has 0 spiro atoms. The Morgan fingerprint density at radius 3 is 2.37 bits per heavy atom. The van der Waals surface area contributed by atoms with Gasteiger partial charge in [0.25, 0.3) is 0 Å². The van der Waals surface area contributed by atoms with Gasteiger partial charge in [-0.25, -0.2) is 4.98 Å². The van der Waals surface area contributed by atoms with Crippen molar-refractivity contribution in [2.75, 3.05) is 6.61 Å². The average Bonchev–Trinajstić information content (AvgIpc) is 3.08. The highest BCUT2D eigenvalue weighted by atomic mass is 16.5. The van der Waals surface area contributed by atoms with Crippen LogP contribution in [0.4, 0.5) is 0 Å². The van der Waals surface area contributed by atoms with Crippen LogP contribution in [-0.2, 0) is 6.54 Å². The summed E-state index contributed by atoms with van der Waals surface area (Å²) in [5.41, 5.74) is 3.86. The molecule has 0 saturated heterocycles. The molecule has 4 rings (SSSR count). The van der Waals surface area contributed by atoms with E-state index in [0.29, 0.717) is 19.0 Å². The van der Waals surface area contributed by atoms with Crippen molar-refractivity contribution in [3.8, 4) is 5.75 Å². The van der Waals surface area contributed by atoms with Crippen LogP contribution in [0, 0.1) is 0 Å². The van der Waals surface area contributed by atoms with Crippen LogP contribution in [-0.4, -0.2) is 21.3 Å². The molecule has 136 valence electrons. The molecule has 1 aromatic heterocycles. The quantitative estimate of drug-likeness (QED) is 0.549. The third kappa shape index (κ3) is 3.57. The van der Waals surface area contributed by atoms with Gasteiger partial charge in [0.2, 0.25) is 0 Å². The molecule has 3 aromatic carbocycles. The molecule has 4 aromatic rings. The van der Waals surface area contributed by atoms with Gasteiger partial charge >= 0.3 is 0 Å². The van der Waals surface area contributed by atoms with Crippen molar-refractivity contribution in [1.82, 2.24) is 9.55 Å². The van der Waals surface area contributed by atoms with Crippen molar-refractivity contribution >= 4 is 11.0 Å². The van der Waals surface area contributed by atoms with Crippen molar-refractivity contribution in [2.24, 2.45) is 0 Å². The largest absolute Gasteiger partial charge is 0.494 e. The molecule has 0 saturated carbocycles. The van der Waals surface area contributed by atoms with E-state index in [1.54, 1.807) is 0 Å². The second-order valence-electron chi connectivity index (χ2n) is 6.44. The molecule has 4 heteroatoms. The Morgan fingerprint density at radius 2 is 1.63 bits per heavy atom. The van der Waals surface area contributed by atoms with Crippen LogP contribution in [0.1, 0.15) is 30.0 Å². The molecule has 0 radical (unpaired) electrons. The minimum absolute atomic E-state index is 0.620. The fourth-order valence-electron chi connectivity index (χ4n) is 3.30. The zero-order valence-electron chi connectivity index (χ0n) is 15.2. The molecule has 0 aliphatic heterocycles. The van der Waals surface area contributed by atoms with Gasteiger partial charge in [0.1, 0.15) is 17.7 Å². The maximum atomic E-state index is 11.0. The molecule has 0 aliphatic carbocycles. The number of benzene rings is 3. The lowest BCUT2D eigenvalue weighted by molar-refractivity contribution is 0.205.